The number of nitrogens with zero attached hydrogens (tertiary/aromatic N) is 3. The summed E-state index contributed by atoms with van der Waals surface area (Å²) in [5.74, 6) is 1.09. The van der Waals surface area contributed by atoms with E-state index < -0.39 is 30.0 Å². The molecule has 1 aliphatic rings. The predicted molar refractivity (Wildman–Crippen MR) is 211 cm³/mol. The van der Waals surface area contributed by atoms with E-state index >= 15 is 0 Å². The van der Waals surface area contributed by atoms with E-state index in [4.69, 9.17) is 42.0 Å². The van der Waals surface area contributed by atoms with Gasteiger partial charge in [0.05, 0.1) is 10.7 Å². The number of hydrogen-bond donors (Lipinski definition) is 3. The van der Waals surface area contributed by atoms with Gasteiger partial charge in [0.1, 0.15) is 28.0 Å². The van der Waals surface area contributed by atoms with Crippen LogP contribution >= 0.6 is 23.2 Å². The van der Waals surface area contributed by atoms with E-state index in [0.29, 0.717) is 39.4 Å². The highest BCUT2D eigenvalue weighted by atomic mass is 35.5. The minimum Gasteiger partial charge on any atom is -0.489 e. The number of aromatic nitrogens is 2. The fourth-order valence-electron chi connectivity index (χ4n) is 6.22. The first-order valence-electron chi connectivity index (χ1n) is 17.1. The molecule has 286 valence electrons. The van der Waals surface area contributed by atoms with Crippen LogP contribution in [-0.4, -0.2) is 59.5 Å². The predicted octanol–water partition coefficient (Wildman–Crippen LogP) is 8.20. The Bertz CT molecular complexity index is 2490. The average Bonchev–Trinajstić information content (AvgIpc) is 3.50. The number of benzene rings is 5. The Balaban J connectivity index is 0.000000239. The van der Waals surface area contributed by atoms with E-state index in [1.807, 2.05) is 77.2 Å². The first-order chi connectivity index (χ1) is 26.2. The van der Waals surface area contributed by atoms with Crippen LogP contribution in [0.1, 0.15) is 41.0 Å². The third-order valence-corrected chi connectivity index (χ3v) is 11.2. The minimum absolute atomic E-state index is 0.0233. The summed E-state index contributed by atoms with van der Waals surface area (Å²) in [5.41, 5.74) is 6.73. The van der Waals surface area contributed by atoms with Gasteiger partial charge in [-0.15, -0.1) is 0 Å². The van der Waals surface area contributed by atoms with Gasteiger partial charge in [0.25, 0.3) is 26.1 Å². The monoisotopic (exact) mass is 822 g/mol. The quantitative estimate of drug-likeness (QED) is 0.121. The molecule has 55 heavy (non-hydrogen) atoms. The van der Waals surface area contributed by atoms with Crippen molar-refractivity contribution in [2.75, 3.05) is 13.1 Å². The summed E-state index contributed by atoms with van der Waals surface area (Å²) in [4.78, 5) is 17.2. The lowest BCUT2D eigenvalue weighted by molar-refractivity contribution is 0.0744. The maximum Gasteiger partial charge on any atom is 0.295 e. The molecule has 0 saturated carbocycles. The second-order valence-corrected chi connectivity index (χ2v) is 16.3. The molecule has 5 aromatic carbocycles. The Morgan fingerprint density at radius 3 is 1.95 bits per heavy atom. The molecule has 1 aliphatic heterocycles. The van der Waals surface area contributed by atoms with Crippen LogP contribution in [0.4, 0.5) is 0 Å². The van der Waals surface area contributed by atoms with Crippen LogP contribution in [0.2, 0.25) is 10.0 Å². The number of ether oxygens (including phenoxy) is 1. The van der Waals surface area contributed by atoms with Gasteiger partial charge in [-0.3, -0.25) is 23.9 Å². The van der Waals surface area contributed by atoms with Crippen molar-refractivity contribution >= 4 is 60.1 Å². The summed E-state index contributed by atoms with van der Waals surface area (Å²) < 4.78 is 70.6. The second kappa shape index (κ2) is 16.9. The standard InChI is InChI=1S/C29H28Cl2N4O2.C10H8O6S2/c1-20-27(29(36)33-34-16-6-3-7-17-34)32-28(25-15-10-22(30)18-26(25)31)35(20)23-11-13-24(14-12-23)37-19-21-8-4-2-5-9-21;11-17(12,13)9-5-1-3-7-8(9)4-2-6-10(7)18(14,15)16/h2,4-5,8-15,18H,3,6-7,16-17,19H2,1H3,(H,33,36);1-6H,(H,11,12,13)(H,14,15,16). The van der Waals surface area contributed by atoms with Crippen molar-refractivity contribution in [1.82, 2.24) is 20.0 Å². The number of imidazole rings is 1. The summed E-state index contributed by atoms with van der Waals surface area (Å²) in [6, 6.07) is 30.6. The van der Waals surface area contributed by atoms with E-state index in [9.17, 15) is 21.6 Å². The molecule has 16 heteroatoms. The van der Waals surface area contributed by atoms with Crippen LogP contribution in [0.25, 0.3) is 27.8 Å². The van der Waals surface area contributed by atoms with Crippen molar-refractivity contribution < 1.29 is 35.5 Å². The molecule has 6 aromatic rings. The smallest absolute Gasteiger partial charge is 0.295 e. The molecule has 1 saturated heterocycles. The molecule has 3 N–H and O–H groups in total. The van der Waals surface area contributed by atoms with E-state index in [-0.39, 0.29) is 16.7 Å². The lowest BCUT2D eigenvalue weighted by Crippen LogP contribution is -2.45. The second-order valence-electron chi connectivity index (χ2n) is 12.6. The normalized spacial score (nSPS) is 13.5. The average molecular weight is 824 g/mol. The van der Waals surface area contributed by atoms with Crippen molar-refractivity contribution in [2.24, 2.45) is 0 Å². The zero-order valence-electron chi connectivity index (χ0n) is 29.4. The molecule has 1 fully saturated rings. The molecule has 0 unspecified atom stereocenters. The van der Waals surface area contributed by atoms with Gasteiger partial charge in [-0.1, -0.05) is 84.2 Å². The molecule has 12 nitrogen and oxygen atoms in total. The Kier molecular flexibility index (Phi) is 12.3. The van der Waals surface area contributed by atoms with E-state index in [0.717, 1.165) is 55.1 Å². The van der Waals surface area contributed by atoms with Gasteiger partial charge in [-0.25, -0.2) is 9.99 Å². The number of carbonyl (C=O) groups is 1. The lowest BCUT2D eigenvalue weighted by Gasteiger charge is -2.26. The van der Waals surface area contributed by atoms with Crippen LogP contribution in [0.3, 0.4) is 0 Å². The van der Waals surface area contributed by atoms with Crippen molar-refractivity contribution in [2.45, 2.75) is 42.6 Å². The van der Waals surface area contributed by atoms with Crippen LogP contribution in [0, 0.1) is 6.92 Å². The van der Waals surface area contributed by atoms with Gasteiger partial charge in [0.2, 0.25) is 0 Å². The number of hydrogen-bond acceptors (Lipinski definition) is 8. The van der Waals surface area contributed by atoms with Gasteiger partial charge < -0.3 is 4.74 Å². The number of amides is 1. The summed E-state index contributed by atoms with van der Waals surface area (Å²) in [6.45, 7) is 4.06. The van der Waals surface area contributed by atoms with Crippen molar-refractivity contribution in [1.29, 1.82) is 0 Å². The Morgan fingerprint density at radius 2 is 1.38 bits per heavy atom. The number of fused-ring (bicyclic) bond motifs is 1. The summed E-state index contributed by atoms with van der Waals surface area (Å²) >= 11 is 12.7. The Labute approximate surface area is 328 Å². The number of halogens is 2. The third-order valence-electron chi connectivity index (χ3n) is 8.85. The van der Waals surface area contributed by atoms with E-state index in [2.05, 4.69) is 5.43 Å². The van der Waals surface area contributed by atoms with Crippen molar-refractivity contribution in [3.8, 4) is 22.8 Å². The van der Waals surface area contributed by atoms with E-state index in [1.54, 1.807) is 12.1 Å². The SMILES string of the molecule is Cc1c(C(=O)NN2CCCCC2)nc(-c2ccc(Cl)cc2Cl)n1-c1ccc(OCc2ccccc2)cc1.O=S(=O)(O)c1cccc2c(S(=O)(=O)O)cccc12. The lowest BCUT2D eigenvalue weighted by atomic mass is 10.1. The molecule has 1 aromatic heterocycles. The summed E-state index contributed by atoms with van der Waals surface area (Å²) in [7, 11) is -8.94. The molecule has 0 bridgehead atoms. The highest BCUT2D eigenvalue weighted by molar-refractivity contribution is 7.86. The van der Waals surface area contributed by atoms with Crippen LogP contribution < -0.4 is 10.2 Å². The van der Waals surface area contributed by atoms with E-state index in [1.165, 1.54) is 30.7 Å². The molecule has 0 spiro atoms. The van der Waals surface area contributed by atoms with Crippen LogP contribution in [0.5, 0.6) is 5.75 Å². The number of piperidine rings is 1. The number of hydrazine groups is 1. The van der Waals surface area contributed by atoms with Crippen molar-refractivity contribution in [3.05, 3.63) is 136 Å². The molecular weight excluding hydrogens is 787 g/mol. The Morgan fingerprint density at radius 1 is 0.782 bits per heavy atom. The largest absolute Gasteiger partial charge is 0.489 e. The fraction of sp³-hybridized carbons (Fsp3) is 0.179. The van der Waals surface area contributed by atoms with Gasteiger partial charge in [-0.2, -0.15) is 16.8 Å². The number of rotatable bonds is 9. The first kappa shape index (κ1) is 39.9. The molecule has 7 rings (SSSR count). The highest BCUT2D eigenvalue weighted by Crippen LogP contribution is 2.34. The number of carbonyl (C=O) groups excluding carboxylic acids is 1. The molecule has 0 atom stereocenters. The maximum absolute atomic E-state index is 13.3. The summed E-state index contributed by atoms with van der Waals surface area (Å²) in [5, 5.41) is 3.01. The summed E-state index contributed by atoms with van der Waals surface area (Å²) in [6.07, 6.45) is 3.32. The van der Waals surface area contributed by atoms with Gasteiger partial charge >= 0.3 is 0 Å². The minimum atomic E-state index is -4.47. The molecular formula is C39H36Cl2N4O8S2. The van der Waals surface area contributed by atoms with Crippen molar-refractivity contribution in [3.63, 3.8) is 0 Å². The fourth-order valence-corrected chi connectivity index (χ4v) is 8.13. The molecule has 2 heterocycles. The molecule has 0 radical (unpaired) electrons. The number of nitrogens with one attached hydrogen (secondary N) is 1. The van der Waals surface area contributed by atoms with Gasteiger partial charge in [0.15, 0.2) is 5.69 Å². The Hall–Kier alpha value is -4.80. The molecule has 1 amide bonds. The van der Waals surface area contributed by atoms with Gasteiger partial charge in [-0.05, 0) is 79.9 Å². The highest BCUT2D eigenvalue weighted by Gasteiger charge is 2.25. The third kappa shape index (κ3) is 9.54. The maximum atomic E-state index is 13.3. The zero-order chi connectivity index (χ0) is 39.3. The topological polar surface area (TPSA) is 168 Å². The van der Waals surface area contributed by atoms with Crippen LogP contribution in [0.15, 0.2) is 119 Å². The van der Waals surface area contributed by atoms with Gasteiger partial charge in [0, 0.05) is 40.1 Å². The molecule has 0 aliphatic carbocycles. The first-order valence-corrected chi connectivity index (χ1v) is 20.7. The zero-order valence-corrected chi connectivity index (χ0v) is 32.5. The van der Waals surface area contributed by atoms with Crippen LogP contribution in [-0.2, 0) is 26.8 Å².